The second-order valence-electron chi connectivity index (χ2n) is 6.86. The molecule has 10 heteroatoms. The van der Waals surface area contributed by atoms with E-state index in [0.29, 0.717) is 21.9 Å². The Morgan fingerprint density at radius 1 is 1.09 bits per heavy atom. The molecule has 164 valence electrons. The number of carbonyl (C=O) groups excluding carboxylic acids is 1. The topological polar surface area (TPSA) is 59.8 Å². The van der Waals surface area contributed by atoms with E-state index in [2.05, 4.69) is 15.3 Å². The van der Waals surface area contributed by atoms with E-state index in [1.807, 2.05) is 0 Å². The van der Waals surface area contributed by atoms with Gasteiger partial charge in [-0.3, -0.25) is 9.78 Å². The lowest BCUT2D eigenvalue weighted by molar-refractivity contribution is -0.137. The van der Waals surface area contributed by atoms with E-state index in [0.717, 1.165) is 11.6 Å². The fourth-order valence-electron chi connectivity index (χ4n) is 3.16. The Bertz CT molecular complexity index is 1270. The Kier molecular flexibility index (Phi) is 6.13. The van der Waals surface area contributed by atoms with Gasteiger partial charge in [0.05, 0.1) is 28.5 Å². The number of aromatic nitrogens is 3. The van der Waals surface area contributed by atoms with E-state index >= 15 is 0 Å². The molecule has 2 aromatic carbocycles. The molecule has 1 N–H and O–H groups in total. The standard InChI is InChI=1S/C22H16F4N4OS/c23-15-5-3-4-14(10-15)13-32-21-29-18-8-9-27-11-19(18)30(21)12-20(31)28-17-7-2-1-6-16(17)22(24,25)26/h1-11H,12-13H2,(H,28,31). The van der Waals surface area contributed by atoms with Crippen molar-refractivity contribution in [2.45, 2.75) is 23.6 Å². The average Bonchev–Trinajstić information content (AvgIpc) is 3.09. The maximum Gasteiger partial charge on any atom is 0.418 e. The molecule has 5 nitrogen and oxygen atoms in total. The largest absolute Gasteiger partial charge is 0.418 e. The summed E-state index contributed by atoms with van der Waals surface area (Å²) in [5, 5.41) is 2.81. The number of alkyl halides is 3. The molecule has 0 unspecified atom stereocenters. The summed E-state index contributed by atoms with van der Waals surface area (Å²) in [7, 11) is 0. The summed E-state index contributed by atoms with van der Waals surface area (Å²) in [5.41, 5.74) is 0.640. The van der Waals surface area contributed by atoms with Crippen LogP contribution in [0.4, 0.5) is 23.2 Å². The third kappa shape index (κ3) is 4.91. The normalized spacial score (nSPS) is 11.6. The highest BCUT2D eigenvalue weighted by molar-refractivity contribution is 7.98. The van der Waals surface area contributed by atoms with Crippen molar-refractivity contribution < 1.29 is 22.4 Å². The molecule has 4 rings (SSSR count). The number of halogens is 4. The zero-order chi connectivity index (χ0) is 22.7. The Morgan fingerprint density at radius 3 is 2.69 bits per heavy atom. The minimum atomic E-state index is -4.60. The first-order valence-corrected chi connectivity index (χ1v) is 10.4. The number of hydrogen-bond acceptors (Lipinski definition) is 4. The molecule has 0 aliphatic carbocycles. The van der Waals surface area contributed by atoms with Gasteiger partial charge >= 0.3 is 6.18 Å². The summed E-state index contributed by atoms with van der Waals surface area (Å²) in [5.74, 6) is -0.603. The number of nitrogens with one attached hydrogen (secondary N) is 1. The van der Waals surface area contributed by atoms with Crippen molar-refractivity contribution in [3.63, 3.8) is 0 Å². The molecular formula is C22H16F4N4OS. The molecule has 0 spiro atoms. The number of fused-ring (bicyclic) bond motifs is 1. The van der Waals surface area contributed by atoms with Crippen LogP contribution in [-0.4, -0.2) is 20.4 Å². The molecule has 0 radical (unpaired) electrons. The molecular weight excluding hydrogens is 444 g/mol. The smallest absolute Gasteiger partial charge is 0.324 e. The van der Waals surface area contributed by atoms with Gasteiger partial charge in [0.1, 0.15) is 12.4 Å². The summed E-state index contributed by atoms with van der Waals surface area (Å²) in [4.78, 5) is 21.2. The fourth-order valence-corrected chi connectivity index (χ4v) is 4.11. The second-order valence-corrected chi connectivity index (χ2v) is 7.80. The molecule has 1 amide bonds. The quantitative estimate of drug-likeness (QED) is 0.304. The van der Waals surface area contributed by atoms with Gasteiger partial charge in [0.15, 0.2) is 5.16 Å². The fraction of sp³-hybridized carbons (Fsp3) is 0.136. The minimum absolute atomic E-state index is 0.264. The van der Waals surface area contributed by atoms with E-state index in [-0.39, 0.29) is 18.0 Å². The lowest BCUT2D eigenvalue weighted by Crippen LogP contribution is -2.21. The predicted molar refractivity (Wildman–Crippen MR) is 114 cm³/mol. The summed E-state index contributed by atoms with van der Waals surface area (Å²) < 4.78 is 54.7. The number of para-hydroxylation sites is 1. The lowest BCUT2D eigenvalue weighted by Gasteiger charge is -2.14. The number of pyridine rings is 1. The summed E-state index contributed by atoms with van der Waals surface area (Å²) in [6.07, 6.45) is -1.51. The highest BCUT2D eigenvalue weighted by Gasteiger charge is 2.33. The van der Waals surface area contributed by atoms with Crippen LogP contribution in [-0.2, 0) is 23.3 Å². The highest BCUT2D eigenvalue weighted by Crippen LogP contribution is 2.34. The van der Waals surface area contributed by atoms with E-state index in [4.69, 9.17) is 0 Å². The Hall–Kier alpha value is -3.40. The van der Waals surface area contributed by atoms with Gasteiger partial charge in [0.2, 0.25) is 5.91 Å². The van der Waals surface area contributed by atoms with Crippen molar-refractivity contribution in [1.29, 1.82) is 0 Å². The van der Waals surface area contributed by atoms with Crippen LogP contribution in [0.2, 0.25) is 0 Å². The molecule has 0 aliphatic rings. The molecule has 0 bridgehead atoms. The first kappa shape index (κ1) is 21.8. The number of imidazole rings is 1. The van der Waals surface area contributed by atoms with Crippen LogP contribution < -0.4 is 5.32 Å². The van der Waals surface area contributed by atoms with Crippen molar-refractivity contribution in [1.82, 2.24) is 14.5 Å². The molecule has 2 aromatic heterocycles. The molecule has 0 fully saturated rings. The Labute approximate surface area is 184 Å². The second kappa shape index (κ2) is 8.99. The van der Waals surface area contributed by atoms with Gasteiger partial charge in [-0.1, -0.05) is 36.0 Å². The van der Waals surface area contributed by atoms with Gasteiger partial charge in [-0.25, -0.2) is 9.37 Å². The number of rotatable bonds is 6. The van der Waals surface area contributed by atoms with Crippen LogP contribution in [0.15, 0.2) is 72.1 Å². The van der Waals surface area contributed by atoms with Gasteiger partial charge in [0.25, 0.3) is 0 Å². The van der Waals surface area contributed by atoms with E-state index in [9.17, 15) is 22.4 Å². The number of benzene rings is 2. The number of hydrogen-bond donors (Lipinski definition) is 1. The average molecular weight is 460 g/mol. The maximum atomic E-state index is 13.5. The summed E-state index contributed by atoms with van der Waals surface area (Å²) in [6.45, 7) is -0.264. The molecule has 4 aromatic rings. The van der Waals surface area contributed by atoms with E-state index in [1.54, 1.807) is 29.0 Å². The van der Waals surface area contributed by atoms with Crippen molar-refractivity contribution in [3.8, 4) is 0 Å². The number of anilines is 1. The van der Waals surface area contributed by atoms with Crippen molar-refractivity contribution in [2.24, 2.45) is 0 Å². The van der Waals surface area contributed by atoms with Gasteiger partial charge < -0.3 is 9.88 Å². The predicted octanol–water partition coefficient (Wildman–Crippen LogP) is 5.52. The number of amides is 1. The zero-order valence-electron chi connectivity index (χ0n) is 16.4. The monoisotopic (exact) mass is 460 g/mol. The number of nitrogens with zero attached hydrogens (tertiary/aromatic N) is 3. The summed E-state index contributed by atoms with van der Waals surface area (Å²) in [6, 6.07) is 12.6. The van der Waals surface area contributed by atoms with Gasteiger partial charge in [-0.2, -0.15) is 13.2 Å². The van der Waals surface area contributed by atoms with Crippen LogP contribution in [0.5, 0.6) is 0 Å². The molecule has 0 atom stereocenters. The zero-order valence-corrected chi connectivity index (χ0v) is 17.3. The molecule has 0 saturated carbocycles. The van der Waals surface area contributed by atoms with Crippen molar-refractivity contribution in [3.05, 3.63) is 83.9 Å². The lowest BCUT2D eigenvalue weighted by atomic mass is 10.1. The van der Waals surface area contributed by atoms with Gasteiger partial charge in [-0.15, -0.1) is 0 Å². The van der Waals surface area contributed by atoms with Crippen LogP contribution in [0.25, 0.3) is 11.0 Å². The molecule has 2 heterocycles. The van der Waals surface area contributed by atoms with Gasteiger partial charge in [0, 0.05) is 11.9 Å². The van der Waals surface area contributed by atoms with Crippen molar-refractivity contribution in [2.75, 3.05) is 5.32 Å². The van der Waals surface area contributed by atoms with Crippen molar-refractivity contribution >= 4 is 34.4 Å². The molecule has 0 saturated heterocycles. The van der Waals surface area contributed by atoms with E-state index < -0.39 is 17.6 Å². The SMILES string of the molecule is O=C(Cn1c(SCc2cccc(F)c2)nc2ccncc21)Nc1ccccc1C(F)(F)F. The van der Waals surface area contributed by atoms with Gasteiger partial charge in [-0.05, 0) is 35.9 Å². The molecule has 0 aliphatic heterocycles. The molecule has 32 heavy (non-hydrogen) atoms. The highest BCUT2D eigenvalue weighted by atomic mass is 32.2. The Morgan fingerprint density at radius 2 is 1.91 bits per heavy atom. The summed E-state index contributed by atoms with van der Waals surface area (Å²) >= 11 is 1.29. The first-order valence-electron chi connectivity index (χ1n) is 9.45. The maximum absolute atomic E-state index is 13.5. The van der Waals surface area contributed by atoms with Crippen LogP contribution in [0, 0.1) is 5.82 Å². The van der Waals surface area contributed by atoms with E-state index in [1.165, 1.54) is 48.3 Å². The van der Waals surface area contributed by atoms with Crippen LogP contribution in [0.3, 0.4) is 0 Å². The third-order valence-corrected chi connectivity index (χ3v) is 5.63. The third-order valence-electron chi connectivity index (χ3n) is 4.58. The Balaban J connectivity index is 1.58. The number of carbonyl (C=O) groups is 1. The minimum Gasteiger partial charge on any atom is -0.324 e. The van der Waals surface area contributed by atoms with Crippen LogP contribution >= 0.6 is 11.8 Å². The number of thioether (sulfide) groups is 1. The first-order chi connectivity index (χ1) is 15.3. The van der Waals surface area contributed by atoms with Crippen LogP contribution in [0.1, 0.15) is 11.1 Å².